The highest BCUT2D eigenvalue weighted by Gasteiger charge is 2.42. The zero-order chi connectivity index (χ0) is 16.0. The Balaban J connectivity index is 1.88. The molecule has 3 nitrogen and oxygen atoms in total. The molecule has 1 saturated carbocycles. The summed E-state index contributed by atoms with van der Waals surface area (Å²) in [6.07, 6.45) is 4.14. The third-order valence-electron chi connectivity index (χ3n) is 5.01. The third-order valence-corrected chi connectivity index (χ3v) is 5.01. The van der Waals surface area contributed by atoms with E-state index in [2.05, 4.69) is 26.0 Å². The average molecular weight is 304 g/mol. The number of carbonyl (C=O) groups excluding carboxylic acids is 1. The van der Waals surface area contributed by atoms with Gasteiger partial charge in [-0.15, -0.1) is 0 Å². The van der Waals surface area contributed by atoms with Gasteiger partial charge in [0.25, 0.3) is 0 Å². The molecule has 122 valence electrons. The standard InChI is InChI=1S/C19H28O3/c1-19(2)12-7-10-16(18(20)21-3)17(19)11-13-22-14-15-8-5-4-6-9-15/h4-6,8-9,16-17H,7,10-14H2,1-3H3/t16-,17+/m0/s1. The van der Waals surface area contributed by atoms with Crippen LogP contribution in [0.4, 0.5) is 0 Å². The maximum Gasteiger partial charge on any atom is 0.308 e. The van der Waals surface area contributed by atoms with Gasteiger partial charge in [0.1, 0.15) is 0 Å². The number of rotatable bonds is 6. The number of hydrogen-bond donors (Lipinski definition) is 0. The number of ether oxygens (including phenoxy) is 2. The molecule has 1 fully saturated rings. The van der Waals surface area contributed by atoms with E-state index in [0.717, 1.165) is 19.3 Å². The molecule has 1 aliphatic rings. The Morgan fingerprint density at radius 2 is 2.00 bits per heavy atom. The number of benzene rings is 1. The summed E-state index contributed by atoms with van der Waals surface area (Å²) >= 11 is 0. The fourth-order valence-electron chi connectivity index (χ4n) is 3.71. The molecule has 1 aromatic rings. The van der Waals surface area contributed by atoms with Crippen molar-refractivity contribution in [3.05, 3.63) is 35.9 Å². The van der Waals surface area contributed by atoms with Crippen LogP contribution in [0, 0.1) is 17.3 Å². The minimum atomic E-state index is -0.0548. The van der Waals surface area contributed by atoms with Crippen LogP contribution in [0.25, 0.3) is 0 Å². The number of methoxy groups -OCH3 is 1. The van der Waals surface area contributed by atoms with Crippen LogP contribution in [0.2, 0.25) is 0 Å². The van der Waals surface area contributed by atoms with E-state index < -0.39 is 0 Å². The first-order chi connectivity index (χ1) is 10.5. The Morgan fingerprint density at radius 1 is 1.27 bits per heavy atom. The van der Waals surface area contributed by atoms with Crippen LogP contribution < -0.4 is 0 Å². The van der Waals surface area contributed by atoms with Crippen molar-refractivity contribution in [2.75, 3.05) is 13.7 Å². The van der Waals surface area contributed by atoms with Crippen molar-refractivity contribution in [1.29, 1.82) is 0 Å². The van der Waals surface area contributed by atoms with E-state index in [1.54, 1.807) is 0 Å². The van der Waals surface area contributed by atoms with Crippen LogP contribution in [0.3, 0.4) is 0 Å². The topological polar surface area (TPSA) is 35.5 Å². The molecule has 1 aliphatic carbocycles. The van der Waals surface area contributed by atoms with Gasteiger partial charge in [-0.3, -0.25) is 4.79 Å². The summed E-state index contributed by atoms with van der Waals surface area (Å²) < 4.78 is 10.8. The lowest BCUT2D eigenvalue weighted by atomic mass is 9.62. The van der Waals surface area contributed by atoms with Gasteiger partial charge in [0.2, 0.25) is 0 Å². The van der Waals surface area contributed by atoms with Crippen molar-refractivity contribution >= 4 is 5.97 Å². The number of carbonyl (C=O) groups is 1. The first-order valence-electron chi connectivity index (χ1n) is 8.24. The molecule has 0 unspecified atom stereocenters. The van der Waals surface area contributed by atoms with Crippen LogP contribution >= 0.6 is 0 Å². The van der Waals surface area contributed by atoms with Gasteiger partial charge in [-0.05, 0) is 36.2 Å². The Bertz CT molecular complexity index is 467. The Hall–Kier alpha value is -1.35. The van der Waals surface area contributed by atoms with Crippen LogP contribution in [0.15, 0.2) is 30.3 Å². The first-order valence-corrected chi connectivity index (χ1v) is 8.24. The van der Waals surface area contributed by atoms with Crippen molar-refractivity contribution in [3.8, 4) is 0 Å². The van der Waals surface area contributed by atoms with Crippen LogP contribution in [0.5, 0.6) is 0 Å². The summed E-state index contributed by atoms with van der Waals surface area (Å²) in [5.41, 5.74) is 1.36. The van der Waals surface area contributed by atoms with E-state index in [9.17, 15) is 4.79 Å². The van der Waals surface area contributed by atoms with E-state index in [0.29, 0.717) is 19.1 Å². The molecule has 2 atom stereocenters. The van der Waals surface area contributed by atoms with Gasteiger partial charge < -0.3 is 9.47 Å². The number of hydrogen-bond acceptors (Lipinski definition) is 3. The van der Waals surface area contributed by atoms with Crippen molar-refractivity contribution in [3.63, 3.8) is 0 Å². The van der Waals surface area contributed by atoms with Gasteiger partial charge in [0, 0.05) is 6.61 Å². The van der Waals surface area contributed by atoms with E-state index in [4.69, 9.17) is 9.47 Å². The minimum absolute atomic E-state index is 0.0223. The lowest BCUT2D eigenvalue weighted by Gasteiger charge is -2.43. The van der Waals surface area contributed by atoms with Crippen LogP contribution in [-0.2, 0) is 20.9 Å². The first kappa shape index (κ1) is 17.0. The smallest absolute Gasteiger partial charge is 0.308 e. The van der Waals surface area contributed by atoms with Crippen molar-refractivity contribution in [1.82, 2.24) is 0 Å². The van der Waals surface area contributed by atoms with Gasteiger partial charge in [0.05, 0.1) is 19.6 Å². The highest BCUT2D eigenvalue weighted by atomic mass is 16.5. The average Bonchev–Trinajstić information content (AvgIpc) is 2.52. The highest BCUT2D eigenvalue weighted by Crippen LogP contribution is 2.46. The van der Waals surface area contributed by atoms with Crippen LogP contribution in [0.1, 0.15) is 45.1 Å². The van der Waals surface area contributed by atoms with E-state index in [1.165, 1.54) is 19.1 Å². The molecule has 0 heterocycles. The summed E-state index contributed by atoms with van der Waals surface area (Å²) in [6, 6.07) is 10.2. The Labute approximate surface area is 134 Å². The summed E-state index contributed by atoms with van der Waals surface area (Å²) in [5.74, 6) is 0.305. The second-order valence-corrected chi connectivity index (χ2v) is 6.94. The zero-order valence-electron chi connectivity index (χ0n) is 14.0. The fourth-order valence-corrected chi connectivity index (χ4v) is 3.71. The molecule has 2 rings (SSSR count). The largest absolute Gasteiger partial charge is 0.469 e. The molecule has 0 saturated heterocycles. The van der Waals surface area contributed by atoms with E-state index in [1.807, 2.05) is 18.2 Å². The predicted octanol–water partition coefficient (Wildman–Crippen LogP) is 4.21. The molecule has 0 bridgehead atoms. The molecule has 0 amide bonds. The minimum Gasteiger partial charge on any atom is -0.469 e. The molecular weight excluding hydrogens is 276 g/mol. The molecule has 0 spiro atoms. The maximum atomic E-state index is 12.1. The van der Waals surface area contributed by atoms with Crippen molar-refractivity contribution in [2.24, 2.45) is 17.3 Å². The molecule has 0 aliphatic heterocycles. The molecule has 0 radical (unpaired) electrons. The molecule has 3 heteroatoms. The van der Waals surface area contributed by atoms with Gasteiger partial charge in [0.15, 0.2) is 0 Å². The lowest BCUT2D eigenvalue weighted by molar-refractivity contribution is -0.152. The molecule has 0 N–H and O–H groups in total. The fraction of sp³-hybridized carbons (Fsp3) is 0.632. The SMILES string of the molecule is COC(=O)[C@H]1CCCC(C)(C)[C@@H]1CCOCc1ccccc1. The molecule has 0 aromatic heterocycles. The van der Waals surface area contributed by atoms with Gasteiger partial charge in [-0.25, -0.2) is 0 Å². The van der Waals surface area contributed by atoms with Gasteiger partial charge in [-0.1, -0.05) is 50.6 Å². The highest BCUT2D eigenvalue weighted by molar-refractivity contribution is 5.72. The molecule has 1 aromatic carbocycles. The molecular formula is C19H28O3. The Morgan fingerprint density at radius 3 is 2.68 bits per heavy atom. The summed E-state index contributed by atoms with van der Waals surface area (Å²) in [5, 5.41) is 0. The second kappa shape index (κ2) is 7.77. The quantitative estimate of drug-likeness (QED) is 0.583. The maximum absolute atomic E-state index is 12.1. The summed E-state index contributed by atoms with van der Waals surface area (Å²) in [4.78, 5) is 12.1. The van der Waals surface area contributed by atoms with Crippen LogP contribution in [-0.4, -0.2) is 19.7 Å². The van der Waals surface area contributed by atoms with E-state index >= 15 is 0 Å². The van der Waals surface area contributed by atoms with Gasteiger partial charge in [-0.2, -0.15) is 0 Å². The molecule has 22 heavy (non-hydrogen) atoms. The van der Waals surface area contributed by atoms with E-state index in [-0.39, 0.29) is 17.3 Å². The zero-order valence-corrected chi connectivity index (χ0v) is 14.0. The summed E-state index contributed by atoms with van der Waals surface area (Å²) in [7, 11) is 1.49. The van der Waals surface area contributed by atoms with Crippen molar-refractivity contribution in [2.45, 2.75) is 46.1 Å². The monoisotopic (exact) mass is 304 g/mol. The lowest BCUT2D eigenvalue weighted by Crippen LogP contribution is -2.40. The van der Waals surface area contributed by atoms with Crippen molar-refractivity contribution < 1.29 is 14.3 Å². The second-order valence-electron chi connectivity index (χ2n) is 6.94. The normalized spacial score (nSPS) is 24.0. The number of esters is 1. The predicted molar refractivity (Wildman–Crippen MR) is 87.3 cm³/mol. The summed E-state index contributed by atoms with van der Waals surface area (Å²) in [6.45, 7) is 5.86. The Kier molecular flexibility index (Phi) is 6.01. The third kappa shape index (κ3) is 4.33. The van der Waals surface area contributed by atoms with Gasteiger partial charge >= 0.3 is 5.97 Å².